The van der Waals surface area contributed by atoms with Gasteiger partial charge >= 0.3 is 0 Å². The molecule has 0 bridgehead atoms. The first kappa shape index (κ1) is 20.8. The number of hydrogen-bond acceptors (Lipinski definition) is 2. The van der Waals surface area contributed by atoms with Gasteiger partial charge in [0.2, 0.25) is 5.91 Å². The second-order valence-electron chi connectivity index (χ2n) is 8.20. The molecule has 3 aromatic rings. The topological polar surface area (TPSA) is 40.6 Å². The third-order valence-corrected chi connectivity index (χ3v) is 5.69. The van der Waals surface area contributed by atoms with Crippen LogP contribution in [-0.2, 0) is 9.59 Å². The van der Waals surface area contributed by atoms with Crippen molar-refractivity contribution in [3.05, 3.63) is 95.3 Å². The predicted molar refractivity (Wildman–Crippen MR) is 121 cm³/mol. The van der Waals surface area contributed by atoms with Gasteiger partial charge in [-0.15, -0.1) is 0 Å². The van der Waals surface area contributed by atoms with E-state index in [0.717, 1.165) is 11.1 Å². The third kappa shape index (κ3) is 3.96. The van der Waals surface area contributed by atoms with Gasteiger partial charge in [-0.1, -0.05) is 67.9 Å². The lowest BCUT2D eigenvalue weighted by Gasteiger charge is -2.40. The maximum Gasteiger partial charge on any atom is 0.255 e. The van der Waals surface area contributed by atoms with Gasteiger partial charge in [-0.3, -0.25) is 19.4 Å². The molecule has 0 aromatic heterocycles. The highest BCUT2D eigenvalue weighted by atomic mass is 19.1. The number of benzene rings is 3. The van der Waals surface area contributed by atoms with E-state index >= 15 is 0 Å². The third-order valence-electron chi connectivity index (χ3n) is 5.69. The Hall–Kier alpha value is -3.47. The number of para-hydroxylation sites is 1. The van der Waals surface area contributed by atoms with Gasteiger partial charge in [-0.2, -0.15) is 0 Å². The molecule has 0 spiro atoms. The summed E-state index contributed by atoms with van der Waals surface area (Å²) in [5, 5.41) is 0. The monoisotopic (exact) mass is 416 g/mol. The quantitative estimate of drug-likeness (QED) is 0.573. The zero-order valence-corrected chi connectivity index (χ0v) is 17.9. The van der Waals surface area contributed by atoms with Crippen LogP contribution in [0.2, 0.25) is 0 Å². The first-order valence-corrected chi connectivity index (χ1v) is 10.4. The van der Waals surface area contributed by atoms with Crippen molar-refractivity contribution in [1.82, 2.24) is 0 Å². The van der Waals surface area contributed by atoms with E-state index in [-0.39, 0.29) is 24.0 Å². The molecule has 5 heteroatoms. The van der Waals surface area contributed by atoms with E-state index in [1.807, 2.05) is 55.5 Å². The van der Waals surface area contributed by atoms with E-state index in [0.29, 0.717) is 17.2 Å². The van der Waals surface area contributed by atoms with Crippen LogP contribution in [0, 0.1) is 12.7 Å². The molecule has 1 fully saturated rings. The van der Waals surface area contributed by atoms with Crippen LogP contribution in [-0.4, -0.2) is 18.4 Å². The summed E-state index contributed by atoms with van der Waals surface area (Å²) in [6.07, 6.45) is 0. The van der Waals surface area contributed by atoms with Gasteiger partial charge in [-0.25, -0.2) is 4.39 Å². The fraction of sp³-hybridized carbons (Fsp3) is 0.231. The molecular weight excluding hydrogens is 391 g/mol. The molecule has 2 amide bonds. The average Bonchev–Trinajstić information content (AvgIpc) is 2.76. The Morgan fingerprint density at radius 2 is 1.55 bits per heavy atom. The highest BCUT2D eigenvalue weighted by Crippen LogP contribution is 2.35. The number of hydrogen-bond donors (Lipinski definition) is 0. The van der Waals surface area contributed by atoms with Crippen LogP contribution in [0.4, 0.5) is 15.8 Å². The molecule has 1 atom stereocenters. The molecule has 0 unspecified atom stereocenters. The Morgan fingerprint density at radius 1 is 0.903 bits per heavy atom. The minimum atomic E-state index is -0.871. The smallest absolute Gasteiger partial charge is 0.255 e. The summed E-state index contributed by atoms with van der Waals surface area (Å²) in [6.45, 7) is 5.95. The number of nitrogens with zero attached hydrogens (tertiary/aromatic N) is 2. The van der Waals surface area contributed by atoms with Crippen LogP contribution in [0.15, 0.2) is 72.8 Å². The molecule has 3 aromatic carbocycles. The van der Waals surface area contributed by atoms with Crippen molar-refractivity contribution < 1.29 is 14.0 Å². The van der Waals surface area contributed by atoms with Gasteiger partial charge in [0.05, 0.1) is 5.69 Å². The van der Waals surface area contributed by atoms with Gasteiger partial charge < -0.3 is 0 Å². The Labute approximate surface area is 181 Å². The van der Waals surface area contributed by atoms with Crippen LogP contribution >= 0.6 is 0 Å². The highest BCUT2D eigenvalue weighted by Gasteiger charge is 2.42. The molecule has 1 saturated heterocycles. The first-order chi connectivity index (χ1) is 14.9. The Kier molecular flexibility index (Phi) is 5.59. The SMILES string of the molecule is Cc1ccc(N2C(=O)CN(c3ccccc3F)C(=O)[C@@H]2c2ccc(C(C)C)cc2)cc1. The van der Waals surface area contributed by atoms with E-state index in [2.05, 4.69) is 13.8 Å². The summed E-state index contributed by atoms with van der Waals surface area (Å²) in [6, 6.07) is 20.4. The average molecular weight is 416 g/mol. The van der Waals surface area contributed by atoms with Gasteiger partial charge in [0, 0.05) is 5.69 Å². The lowest BCUT2D eigenvalue weighted by molar-refractivity contribution is -0.128. The van der Waals surface area contributed by atoms with Crippen LogP contribution < -0.4 is 9.80 Å². The van der Waals surface area contributed by atoms with E-state index in [4.69, 9.17) is 0 Å². The molecule has 31 heavy (non-hydrogen) atoms. The number of amides is 2. The van der Waals surface area contributed by atoms with E-state index in [1.54, 1.807) is 12.1 Å². The normalized spacial score (nSPS) is 16.9. The maximum absolute atomic E-state index is 14.5. The zero-order chi connectivity index (χ0) is 22.1. The Bertz CT molecular complexity index is 1110. The molecule has 158 valence electrons. The van der Waals surface area contributed by atoms with Crippen LogP contribution in [0.3, 0.4) is 0 Å². The van der Waals surface area contributed by atoms with Gasteiger partial charge in [0.25, 0.3) is 5.91 Å². The number of anilines is 2. The second-order valence-corrected chi connectivity index (χ2v) is 8.20. The number of carbonyl (C=O) groups excluding carboxylic acids is 2. The van der Waals surface area contributed by atoms with Crippen LogP contribution in [0.25, 0.3) is 0 Å². The van der Waals surface area contributed by atoms with Crippen LogP contribution in [0.1, 0.15) is 42.5 Å². The molecule has 1 aliphatic rings. The molecule has 0 radical (unpaired) electrons. The van der Waals surface area contributed by atoms with Crippen molar-refractivity contribution >= 4 is 23.2 Å². The van der Waals surface area contributed by atoms with Crippen molar-refractivity contribution in [3.8, 4) is 0 Å². The minimum absolute atomic E-state index is 0.119. The number of carbonyl (C=O) groups is 2. The highest BCUT2D eigenvalue weighted by molar-refractivity contribution is 6.14. The minimum Gasteiger partial charge on any atom is -0.298 e. The molecule has 0 saturated carbocycles. The Morgan fingerprint density at radius 3 is 2.16 bits per heavy atom. The summed E-state index contributed by atoms with van der Waals surface area (Å²) in [7, 11) is 0. The molecule has 4 rings (SSSR count). The summed E-state index contributed by atoms with van der Waals surface area (Å²) in [4.78, 5) is 29.7. The van der Waals surface area contributed by atoms with E-state index in [9.17, 15) is 14.0 Å². The van der Waals surface area contributed by atoms with Gasteiger partial charge in [0.1, 0.15) is 18.4 Å². The fourth-order valence-electron chi connectivity index (χ4n) is 3.92. The standard InChI is InChI=1S/C26H25FN2O2/c1-17(2)19-10-12-20(13-11-19)25-26(31)28(23-7-5-4-6-22(23)27)16-24(30)29(25)21-14-8-18(3)9-15-21/h4-15,17,25H,16H2,1-3H3/t25-/m0/s1. The van der Waals surface area contributed by atoms with Crippen LogP contribution in [0.5, 0.6) is 0 Å². The zero-order valence-electron chi connectivity index (χ0n) is 17.9. The lowest BCUT2D eigenvalue weighted by Crippen LogP contribution is -2.56. The number of rotatable bonds is 4. The van der Waals surface area contributed by atoms with Crippen molar-refractivity contribution in [3.63, 3.8) is 0 Å². The molecule has 0 aliphatic carbocycles. The second kappa shape index (κ2) is 8.34. The summed E-state index contributed by atoms with van der Waals surface area (Å²) >= 11 is 0. The molecule has 1 aliphatic heterocycles. The Balaban J connectivity index is 1.81. The maximum atomic E-state index is 14.5. The summed E-state index contributed by atoms with van der Waals surface area (Å²) < 4.78 is 14.5. The molecule has 1 heterocycles. The largest absolute Gasteiger partial charge is 0.298 e. The number of piperazine rings is 1. The predicted octanol–water partition coefficient (Wildman–Crippen LogP) is 5.38. The van der Waals surface area contributed by atoms with Crippen molar-refractivity contribution in [2.24, 2.45) is 0 Å². The number of halogens is 1. The summed E-state index contributed by atoms with van der Waals surface area (Å²) in [5.74, 6) is -0.769. The summed E-state index contributed by atoms with van der Waals surface area (Å²) in [5.41, 5.74) is 3.67. The van der Waals surface area contributed by atoms with Gasteiger partial charge in [-0.05, 0) is 48.2 Å². The fourth-order valence-corrected chi connectivity index (χ4v) is 3.92. The van der Waals surface area contributed by atoms with E-state index in [1.165, 1.54) is 21.9 Å². The number of aryl methyl sites for hydroxylation is 1. The first-order valence-electron chi connectivity index (χ1n) is 10.4. The molecule has 4 nitrogen and oxygen atoms in total. The van der Waals surface area contributed by atoms with Crippen molar-refractivity contribution in [1.29, 1.82) is 0 Å². The van der Waals surface area contributed by atoms with E-state index < -0.39 is 11.9 Å². The van der Waals surface area contributed by atoms with Crippen molar-refractivity contribution in [2.75, 3.05) is 16.3 Å². The van der Waals surface area contributed by atoms with Crippen molar-refractivity contribution in [2.45, 2.75) is 32.7 Å². The van der Waals surface area contributed by atoms with Gasteiger partial charge in [0.15, 0.2) is 0 Å². The lowest BCUT2D eigenvalue weighted by atomic mass is 9.95. The molecule has 0 N–H and O–H groups in total. The molecular formula is C26H25FN2O2.